The molecule has 0 aromatic heterocycles. The van der Waals surface area contributed by atoms with Gasteiger partial charge in [0.2, 0.25) is 0 Å². The number of rotatable bonds is 7. The molecule has 0 bridgehead atoms. The van der Waals surface area contributed by atoms with Crippen LogP contribution in [0.1, 0.15) is 60.2 Å². The van der Waals surface area contributed by atoms with Gasteiger partial charge < -0.3 is 15.9 Å². The molecule has 2 aromatic carbocycles. The van der Waals surface area contributed by atoms with Crippen molar-refractivity contribution in [1.29, 1.82) is 0 Å². The normalized spacial score (nSPS) is 10.7. The molecule has 0 fully saturated rings. The van der Waals surface area contributed by atoms with Gasteiger partial charge in [0.05, 0.1) is 11.1 Å². The highest BCUT2D eigenvalue weighted by atomic mass is 16.3. The van der Waals surface area contributed by atoms with Gasteiger partial charge in [-0.3, -0.25) is 4.79 Å². The summed E-state index contributed by atoms with van der Waals surface area (Å²) in [5, 5.41) is 21.5. The Hall–Kier alpha value is -2.75. The maximum Gasteiger partial charge on any atom is 0.252 e. The number of allylic oxidation sites excluding steroid dienone is 1. The van der Waals surface area contributed by atoms with E-state index >= 15 is 0 Å². The van der Waals surface area contributed by atoms with Crippen molar-refractivity contribution in [3.8, 4) is 22.6 Å². The Labute approximate surface area is 155 Å². The smallest absolute Gasteiger partial charge is 0.252 e. The van der Waals surface area contributed by atoms with Gasteiger partial charge >= 0.3 is 0 Å². The van der Waals surface area contributed by atoms with E-state index < -0.39 is 5.91 Å². The highest BCUT2D eigenvalue weighted by Gasteiger charge is 2.23. The number of aryl methyl sites for hydroxylation is 2. The molecule has 0 atom stereocenters. The summed E-state index contributed by atoms with van der Waals surface area (Å²) < 4.78 is 0. The minimum Gasteiger partial charge on any atom is -0.507 e. The minimum atomic E-state index is -0.695. The van der Waals surface area contributed by atoms with Gasteiger partial charge in [-0.15, -0.1) is 0 Å². The number of unbranched alkanes of at least 4 members (excludes halogenated alkanes) is 2. The third-order valence-electron chi connectivity index (χ3n) is 4.56. The number of nitrogens with two attached hydrogens (primary N) is 1. The van der Waals surface area contributed by atoms with Crippen LogP contribution in [0.15, 0.2) is 30.8 Å². The van der Waals surface area contributed by atoms with E-state index in [0.717, 1.165) is 36.0 Å². The van der Waals surface area contributed by atoms with Crippen LogP contribution < -0.4 is 5.73 Å². The fourth-order valence-electron chi connectivity index (χ4n) is 3.25. The maximum absolute atomic E-state index is 12.0. The van der Waals surface area contributed by atoms with E-state index in [9.17, 15) is 15.0 Å². The summed E-state index contributed by atoms with van der Waals surface area (Å²) in [7, 11) is 0. The van der Waals surface area contributed by atoms with Crippen molar-refractivity contribution in [2.24, 2.45) is 5.73 Å². The van der Waals surface area contributed by atoms with E-state index in [2.05, 4.69) is 13.5 Å². The van der Waals surface area contributed by atoms with Crippen LogP contribution in [0.5, 0.6) is 11.5 Å². The number of primary amides is 1. The molecular formula is C22H27NO3. The van der Waals surface area contributed by atoms with Crippen LogP contribution in [-0.2, 0) is 6.42 Å². The highest BCUT2D eigenvalue weighted by molar-refractivity contribution is 6.01. The van der Waals surface area contributed by atoms with Crippen LogP contribution >= 0.6 is 0 Å². The lowest BCUT2D eigenvalue weighted by atomic mass is 9.89. The molecule has 0 saturated carbocycles. The summed E-state index contributed by atoms with van der Waals surface area (Å²) >= 11 is 0. The van der Waals surface area contributed by atoms with Gasteiger partial charge in [-0.2, -0.15) is 0 Å². The molecule has 0 aliphatic heterocycles. The quantitative estimate of drug-likeness (QED) is 0.617. The number of phenolic OH excluding ortho intramolecular Hbond substituents is 1. The van der Waals surface area contributed by atoms with Crippen molar-refractivity contribution in [1.82, 2.24) is 0 Å². The van der Waals surface area contributed by atoms with E-state index in [1.807, 2.05) is 32.0 Å². The second-order valence-electron chi connectivity index (χ2n) is 6.80. The molecule has 0 saturated heterocycles. The van der Waals surface area contributed by atoms with Crippen molar-refractivity contribution < 1.29 is 15.0 Å². The number of carbonyl (C=O) groups is 1. The minimum absolute atomic E-state index is 0.0629. The van der Waals surface area contributed by atoms with Crippen molar-refractivity contribution in [3.05, 3.63) is 53.1 Å². The molecular weight excluding hydrogens is 326 g/mol. The molecule has 4 heteroatoms. The molecule has 2 aromatic rings. The zero-order valence-corrected chi connectivity index (χ0v) is 15.7. The second-order valence-corrected chi connectivity index (χ2v) is 6.80. The first-order valence-electron chi connectivity index (χ1n) is 8.92. The van der Waals surface area contributed by atoms with E-state index in [0.29, 0.717) is 17.5 Å². The van der Waals surface area contributed by atoms with Crippen LogP contribution in [0.4, 0.5) is 0 Å². The number of hydrogen-bond acceptors (Lipinski definition) is 3. The molecule has 26 heavy (non-hydrogen) atoms. The summed E-state index contributed by atoms with van der Waals surface area (Å²) in [6.07, 6.45) is 3.47. The zero-order chi connectivity index (χ0) is 19.4. The maximum atomic E-state index is 12.0. The second kappa shape index (κ2) is 8.09. The van der Waals surface area contributed by atoms with E-state index in [-0.39, 0.29) is 22.6 Å². The molecule has 0 heterocycles. The van der Waals surface area contributed by atoms with Crippen LogP contribution in [-0.4, -0.2) is 16.1 Å². The van der Waals surface area contributed by atoms with Crippen molar-refractivity contribution in [2.45, 2.75) is 46.5 Å². The molecule has 4 N–H and O–H groups in total. The Balaban J connectivity index is 2.72. The molecule has 0 radical (unpaired) electrons. The largest absolute Gasteiger partial charge is 0.507 e. The summed E-state index contributed by atoms with van der Waals surface area (Å²) in [4.78, 5) is 12.0. The highest BCUT2D eigenvalue weighted by Crippen LogP contribution is 2.44. The fourth-order valence-corrected chi connectivity index (χ4v) is 3.25. The lowest BCUT2D eigenvalue weighted by Gasteiger charge is -2.18. The molecule has 1 amide bonds. The van der Waals surface area contributed by atoms with E-state index in [4.69, 9.17) is 5.73 Å². The molecule has 4 nitrogen and oxygen atoms in total. The molecule has 138 valence electrons. The van der Waals surface area contributed by atoms with Gasteiger partial charge in [0.15, 0.2) is 0 Å². The summed E-state index contributed by atoms with van der Waals surface area (Å²) in [5.74, 6) is -1.02. The molecule has 0 spiro atoms. The van der Waals surface area contributed by atoms with Gasteiger partial charge in [0.25, 0.3) is 5.91 Å². The molecule has 0 aliphatic rings. The molecule has 0 aliphatic carbocycles. The van der Waals surface area contributed by atoms with Crippen LogP contribution in [0.25, 0.3) is 16.7 Å². The lowest BCUT2D eigenvalue weighted by Crippen LogP contribution is -2.15. The molecule has 2 rings (SSSR count). The number of phenols is 2. The fraction of sp³-hybridized carbons (Fsp3) is 0.318. The average Bonchev–Trinajstić information content (AvgIpc) is 2.54. The SMILES string of the molecule is C=C(C)c1ccc(C)cc1-c1c(O)cc(CCCCC)c(C(N)=O)c1O. The number of hydrogen-bond donors (Lipinski definition) is 3. The van der Waals surface area contributed by atoms with E-state index in [1.165, 1.54) is 0 Å². The van der Waals surface area contributed by atoms with Gasteiger partial charge in [-0.1, -0.05) is 55.7 Å². The van der Waals surface area contributed by atoms with Crippen LogP contribution in [0.2, 0.25) is 0 Å². The van der Waals surface area contributed by atoms with Crippen molar-refractivity contribution in [2.75, 3.05) is 0 Å². The Morgan fingerprint density at radius 2 is 1.88 bits per heavy atom. The van der Waals surface area contributed by atoms with Gasteiger partial charge in [-0.25, -0.2) is 0 Å². The van der Waals surface area contributed by atoms with Crippen LogP contribution in [0.3, 0.4) is 0 Å². The lowest BCUT2D eigenvalue weighted by molar-refractivity contribution is 0.0997. The van der Waals surface area contributed by atoms with Crippen molar-refractivity contribution >= 4 is 11.5 Å². The monoisotopic (exact) mass is 353 g/mol. The average molecular weight is 353 g/mol. The van der Waals surface area contributed by atoms with Gasteiger partial charge in [-0.05, 0) is 49.4 Å². The Kier molecular flexibility index (Phi) is 6.09. The summed E-state index contributed by atoms with van der Waals surface area (Å²) in [6, 6.07) is 7.25. The Morgan fingerprint density at radius 1 is 1.19 bits per heavy atom. The van der Waals surface area contributed by atoms with Gasteiger partial charge in [0.1, 0.15) is 11.5 Å². The summed E-state index contributed by atoms with van der Waals surface area (Å²) in [5.41, 5.74) is 9.63. The molecule has 0 unspecified atom stereocenters. The predicted octanol–water partition coefficient (Wildman–Crippen LogP) is 4.94. The first-order chi connectivity index (χ1) is 12.3. The standard InChI is InChI=1S/C22H27NO3/c1-5-6-7-8-15-12-18(24)20(21(25)19(15)22(23)26)17-11-14(4)9-10-16(17)13(2)3/h9-12,24-25H,2,5-8H2,1,3-4H3,(H2,23,26). The van der Waals surface area contributed by atoms with Crippen molar-refractivity contribution in [3.63, 3.8) is 0 Å². The zero-order valence-electron chi connectivity index (χ0n) is 15.7. The number of aromatic hydroxyl groups is 2. The third-order valence-corrected chi connectivity index (χ3v) is 4.56. The number of carbonyl (C=O) groups excluding carboxylic acids is 1. The van der Waals surface area contributed by atoms with Crippen LogP contribution in [0, 0.1) is 6.92 Å². The number of amides is 1. The van der Waals surface area contributed by atoms with E-state index in [1.54, 1.807) is 6.07 Å². The van der Waals surface area contributed by atoms with Gasteiger partial charge in [0, 0.05) is 0 Å². The summed E-state index contributed by atoms with van der Waals surface area (Å²) in [6.45, 7) is 9.84. The predicted molar refractivity (Wildman–Crippen MR) is 106 cm³/mol. The topological polar surface area (TPSA) is 83.5 Å². The first-order valence-corrected chi connectivity index (χ1v) is 8.92. The Morgan fingerprint density at radius 3 is 2.46 bits per heavy atom. The third kappa shape index (κ3) is 3.90. The number of benzene rings is 2. The Bertz CT molecular complexity index is 853. The first kappa shape index (κ1) is 19.6.